The summed E-state index contributed by atoms with van der Waals surface area (Å²) in [5, 5.41) is 8.02. The van der Waals surface area contributed by atoms with E-state index >= 15 is 0 Å². The van der Waals surface area contributed by atoms with E-state index in [1.165, 1.54) is 41.7 Å². The van der Waals surface area contributed by atoms with Crippen LogP contribution in [0, 0.1) is 0 Å². The molecule has 0 bridgehead atoms. The standard InChI is InChI=1S/C42H25N3S/c1-2-12-26(13-3-1)39-31-16-6-9-19-34(31)43-42(44-39)27-22-24-28(25-23-27)45-35-20-10-7-17-32(35)38-40(45)30-15-5-4-14-29(30)37-33-18-8-11-21-36(33)46-41(37)38/h1-25H/i1D,2D,3D,12D,13D. The zero-order chi connectivity index (χ0) is 34.5. The molecule has 7 aromatic carbocycles. The minimum Gasteiger partial charge on any atom is -0.309 e. The van der Waals surface area contributed by atoms with Crippen LogP contribution in [0.4, 0.5) is 0 Å². The van der Waals surface area contributed by atoms with Crippen molar-refractivity contribution in [2.75, 3.05) is 0 Å². The zero-order valence-electron chi connectivity index (χ0n) is 29.3. The second-order valence-electron chi connectivity index (χ2n) is 11.4. The molecule has 3 heterocycles. The summed E-state index contributed by atoms with van der Waals surface area (Å²) in [7, 11) is 0. The monoisotopic (exact) mass is 608 g/mol. The van der Waals surface area contributed by atoms with E-state index in [0.717, 1.165) is 22.3 Å². The molecule has 0 aliphatic rings. The fraction of sp³-hybridized carbons (Fsp3) is 0. The lowest BCUT2D eigenvalue weighted by Crippen LogP contribution is -1.97. The van der Waals surface area contributed by atoms with Crippen molar-refractivity contribution < 1.29 is 6.85 Å². The van der Waals surface area contributed by atoms with Crippen molar-refractivity contribution in [1.29, 1.82) is 0 Å². The van der Waals surface area contributed by atoms with E-state index in [9.17, 15) is 0 Å². The van der Waals surface area contributed by atoms with Crippen LogP contribution < -0.4 is 0 Å². The minimum atomic E-state index is -0.436. The SMILES string of the molecule is [2H]c1c([2H])c([2H])c(-c2nc(-c3ccc(-n4c5ccccc5c5c6sc7ccccc7c6c6ccccc6c54)cc3)nc3ccccc23)c([2H])c1[2H]. The summed E-state index contributed by atoms with van der Waals surface area (Å²) in [6.07, 6.45) is 0. The molecule has 0 saturated heterocycles. The number of nitrogens with zero attached hydrogens (tertiary/aromatic N) is 3. The van der Waals surface area contributed by atoms with Gasteiger partial charge in [0.15, 0.2) is 5.82 Å². The van der Waals surface area contributed by atoms with Gasteiger partial charge >= 0.3 is 0 Å². The van der Waals surface area contributed by atoms with Gasteiger partial charge in [-0.1, -0.05) is 109 Å². The molecule has 0 fully saturated rings. The van der Waals surface area contributed by atoms with Crippen molar-refractivity contribution in [3.05, 3.63) is 152 Å². The van der Waals surface area contributed by atoms with Crippen LogP contribution in [0.3, 0.4) is 0 Å². The smallest absolute Gasteiger partial charge is 0.160 e. The summed E-state index contributed by atoms with van der Waals surface area (Å²) in [5.74, 6) is 0.404. The molecular formula is C42H25N3S. The highest BCUT2D eigenvalue weighted by molar-refractivity contribution is 7.27. The number of thiophene rings is 1. The molecule has 0 spiro atoms. The molecule has 3 nitrogen and oxygen atoms in total. The maximum atomic E-state index is 8.67. The Morgan fingerprint density at radius 3 is 2.04 bits per heavy atom. The lowest BCUT2D eigenvalue weighted by Gasteiger charge is -2.12. The Balaban J connectivity index is 1.21. The highest BCUT2D eigenvalue weighted by Crippen LogP contribution is 2.47. The predicted molar refractivity (Wildman–Crippen MR) is 195 cm³/mol. The van der Waals surface area contributed by atoms with Gasteiger partial charge in [-0.2, -0.15) is 0 Å². The third-order valence-electron chi connectivity index (χ3n) is 8.87. The van der Waals surface area contributed by atoms with Gasteiger partial charge in [-0.3, -0.25) is 0 Å². The Labute approximate surface area is 275 Å². The Kier molecular flexibility index (Phi) is 4.49. The second-order valence-corrected chi connectivity index (χ2v) is 12.4. The van der Waals surface area contributed by atoms with Crippen molar-refractivity contribution in [2.24, 2.45) is 0 Å². The summed E-state index contributed by atoms with van der Waals surface area (Å²) >= 11 is 1.84. The van der Waals surface area contributed by atoms with Crippen LogP contribution in [0.2, 0.25) is 0 Å². The minimum absolute atomic E-state index is 0.0576. The Morgan fingerprint density at radius 1 is 0.543 bits per heavy atom. The van der Waals surface area contributed by atoms with Crippen molar-refractivity contribution in [3.8, 4) is 28.3 Å². The first kappa shape index (κ1) is 21.0. The van der Waals surface area contributed by atoms with Gasteiger partial charge in [0.25, 0.3) is 0 Å². The number of aromatic nitrogens is 3. The molecule has 214 valence electrons. The third-order valence-corrected chi connectivity index (χ3v) is 10.1. The second kappa shape index (κ2) is 9.83. The molecule has 0 N–H and O–H groups in total. The van der Waals surface area contributed by atoms with Gasteiger partial charge in [0, 0.05) is 58.5 Å². The molecule has 3 aromatic heterocycles. The number of rotatable bonds is 3. The van der Waals surface area contributed by atoms with E-state index in [-0.39, 0.29) is 17.6 Å². The molecule has 0 amide bonds. The van der Waals surface area contributed by atoms with E-state index in [1.54, 1.807) is 0 Å². The van der Waals surface area contributed by atoms with Crippen LogP contribution in [-0.2, 0) is 0 Å². The van der Waals surface area contributed by atoms with Gasteiger partial charge < -0.3 is 4.57 Å². The Bertz CT molecular complexity index is 3060. The van der Waals surface area contributed by atoms with E-state index in [1.807, 2.05) is 47.7 Å². The predicted octanol–water partition coefficient (Wildman–Crippen LogP) is 11.6. The maximum Gasteiger partial charge on any atom is 0.160 e. The highest BCUT2D eigenvalue weighted by Gasteiger charge is 2.21. The van der Waals surface area contributed by atoms with Gasteiger partial charge in [0.05, 0.1) is 29.1 Å². The van der Waals surface area contributed by atoms with Crippen molar-refractivity contribution in [1.82, 2.24) is 14.5 Å². The van der Waals surface area contributed by atoms with E-state index in [4.69, 9.17) is 16.8 Å². The fourth-order valence-electron chi connectivity index (χ4n) is 6.91. The van der Waals surface area contributed by atoms with Crippen LogP contribution in [-0.4, -0.2) is 14.5 Å². The number of hydrogen-bond acceptors (Lipinski definition) is 3. The lowest BCUT2D eigenvalue weighted by atomic mass is 10.00. The van der Waals surface area contributed by atoms with Crippen molar-refractivity contribution in [2.45, 2.75) is 0 Å². The molecule has 10 rings (SSSR count). The number of fused-ring (bicyclic) bond motifs is 11. The molecule has 10 aromatic rings. The first-order chi connectivity index (χ1) is 24.9. The quantitative estimate of drug-likeness (QED) is 0.200. The van der Waals surface area contributed by atoms with Crippen LogP contribution in [0.5, 0.6) is 0 Å². The largest absolute Gasteiger partial charge is 0.309 e. The Hall–Kier alpha value is -5.84. The number of hydrogen-bond donors (Lipinski definition) is 0. The highest BCUT2D eigenvalue weighted by atomic mass is 32.1. The van der Waals surface area contributed by atoms with Crippen LogP contribution in [0.25, 0.3) is 92.0 Å². The maximum absolute atomic E-state index is 8.67. The van der Waals surface area contributed by atoms with Gasteiger partial charge in [0.2, 0.25) is 0 Å². The molecule has 0 aliphatic carbocycles. The fourth-order valence-corrected chi connectivity index (χ4v) is 8.19. The topological polar surface area (TPSA) is 30.7 Å². The summed E-state index contributed by atoms with van der Waals surface area (Å²) in [6, 6.07) is 39.6. The summed E-state index contributed by atoms with van der Waals surface area (Å²) in [6.45, 7) is 0. The molecule has 0 saturated carbocycles. The molecule has 0 radical (unpaired) electrons. The summed E-state index contributed by atoms with van der Waals surface area (Å²) in [5.41, 5.74) is 4.98. The van der Waals surface area contributed by atoms with Gasteiger partial charge in [-0.25, -0.2) is 9.97 Å². The first-order valence-electron chi connectivity index (χ1n) is 17.6. The number of benzene rings is 7. The molecular weight excluding hydrogens is 579 g/mol. The molecule has 4 heteroatoms. The van der Waals surface area contributed by atoms with E-state index in [0.29, 0.717) is 22.4 Å². The average Bonchev–Trinajstić information content (AvgIpc) is 3.73. The normalized spacial score (nSPS) is 13.4. The molecule has 0 aliphatic heterocycles. The lowest BCUT2D eigenvalue weighted by molar-refractivity contribution is 1.18. The van der Waals surface area contributed by atoms with Crippen LogP contribution in [0.15, 0.2) is 152 Å². The molecule has 0 atom stereocenters. The average molecular weight is 609 g/mol. The van der Waals surface area contributed by atoms with Crippen molar-refractivity contribution >= 4 is 75.0 Å². The Morgan fingerprint density at radius 2 is 1.22 bits per heavy atom. The van der Waals surface area contributed by atoms with Gasteiger partial charge in [-0.05, 0) is 47.9 Å². The van der Waals surface area contributed by atoms with Crippen LogP contribution >= 0.6 is 11.3 Å². The van der Waals surface area contributed by atoms with E-state index in [2.05, 4.69) is 89.5 Å². The zero-order valence-corrected chi connectivity index (χ0v) is 25.1. The van der Waals surface area contributed by atoms with Gasteiger partial charge in [-0.15, -0.1) is 11.3 Å². The third kappa shape index (κ3) is 3.65. The molecule has 46 heavy (non-hydrogen) atoms. The summed E-state index contributed by atoms with van der Waals surface area (Å²) in [4.78, 5) is 9.75. The van der Waals surface area contributed by atoms with Gasteiger partial charge in [0.1, 0.15) is 0 Å². The molecule has 0 unspecified atom stereocenters. The number of para-hydroxylation sites is 2. The van der Waals surface area contributed by atoms with E-state index < -0.39 is 18.1 Å². The van der Waals surface area contributed by atoms with Crippen LogP contribution in [0.1, 0.15) is 6.85 Å². The van der Waals surface area contributed by atoms with Crippen molar-refractivity contribution in [3.63, 3.8) is 0 Å². The first-order valence-corrected chi connectivity index (χ1v) is 15.9. The summed E-state index contributed by atoms with van der Waals surface area (Å²) < 4.78 is 46.9.